The Balaban J connectivity index is 1.75. The van der Waals surface area contributed by atoms with Crippen molar-refractivity contribution in [1.82, 2.24) is 15.0 Å². The van der Waals surface area contributed by atoms with Gasteiger partial charge in [0.1, 0.15) is 0 Å². The summed E-state index contributed by atoms with van der Waals surface area (Å²) < 4.78 is 29.0. The van der Waals surface area contributed by atoms with E-state index < -0.39 is 9.84 Å². The van der Waals surface area contributed by atoms with Crippen LogP contribution in [-0.4, -0.2) is 54.0 Å². The minimum Gasteiger partial charge on any atom is -0.338 e. The SMILES string of the molecule is CCCc1noc2nc(C3CC3)cc(C(=O)N(C)[C@@H]3CCS(=O)(=O)C3)c12. The summed E-state index contributed by atoms with van der Waals surface area (Å²) in [7, 11) is -1.37. The van der Waals surface area contributed by atoms with E-state index in [2.05, 4.69) is 10.1 Å². The van der Waals surface area contributed by atoms with E-state index in [9.17, 15) is 13.2 Å². The molecule has 0 radical (unpaired) electrons. The predicted octanol–water partition coefficient (Wildman–Crippen LogP) is 2.31. The number of hydrogen-bond acceptors (Lipinski definition) is 6. The van der Waals surface area contributed by atoms with Crippen molar-refractivity contribution in [3.8, 4) is 0 Å². The number of amides is 1. The zero-order chi connectivity index (χ0) is 18.5. The number of fused-ring (bicyclic) bond motifs is 1. The van der Waals surface area contributed by atoms with Crippen LogP contribution in [0.15, 0.2) is 10.6 Å². The molecule has 1 saturated carbocycles. The second-order valence-corrected chi connectivity index (χ2v) is 9.63. The molecule has 2 aromatic heterocycles. The molecule has 26 heavy (non-hydrogen) atoms. The van der Waals surface area contributed by atoms with Crippen molar-refractivity contribution in [2.45, 2.75) is 51.0 Å². The van der Waals surface area contributed by atoms with Crippen molar-refractivity contribution >= 4 is 26.8 Å². The number of hydrogen-bond donors (Lipinski definition) is 0. The Kier molecular flexibility index (Phi) is 4.25. The molecule has 4 rings (SSSR count). The molecule has 2 fully saturated rings. The van der Waals surface area contributed by atoms with Gasteiger partial charge in [0.15, 0.2) is 9.84 Å². The number of aromatic nitrogens is 2. The number of nitrogens with zero attached hydrogens (tertiary/aromatic N) is 3. The standard InChI is InChI=1S/C18H23N3O4S/c1-3-4-14-16-13(9-15(11-5-6-11)19-17(16)25-20-14)18(22)21(2)12-7-8-26(23,24)10-12/h9,11-12H,3-8,10H2,1-2H3/t12-/m1/s1. The lowest BCUT2D eigenvalue weighted by Gasteiger charge is -2.24. The van der Waals surface area contributed by atoms with Crippen LogP contribution in [0, 0.1) is 0 Å². The zero-order valence-corrected chi connectivity index (χ0v) is 15.9. The minimum atomic E-state index is -3.05. The monoisotopic (exact) mass is 377 g/mol. The van der Waals surface area contributed by atoms with E-state index in [0.717, 1.165) is 30.7 Å². The lowest BCUT2D eigenvalue weighted by Crippen LogP contribution is -2.38. The third-order valence-corrected chi connectivity index (χ3v) is 7.08. The molecule has 7 nitrogen and oxygen atoms in total. The van der Waals surface area contributed by atoms with Gasteiger partial charge in [-0.3, -0.25) is 4.79 Å². The molecule has 8 heteroatoms. The van der Waals surface area contributed by atoms with Crippen LogP contribution in [0.2, 0.25) is 0 Å². The fourth-order valence-electron chi connectivity index (χ4n) is 3.63. The average Bonchev–Trinajstić information content (AvgIpc) is 3.30. The van der Waals surface area contributed by atoms with Crippen molar-refractivity contribution < 1.29 is 17.7 Å². The first-order valence-electron chi connectivity index (χ1n) is 9.16. The summed E-state index contributed by atoms with van der Waals surface area (Å²) in [5.41, 5.74) is 2.56. The Morgan fingerprint density at radius 1 is 1.35 bits per heavy atom. The Bertz CT molecular complexity index is 962. The first-order valence-corrected chi connectivity index (χ1v) is 11.0. The molecule has 0 N–H and O–H groups in total. The van der Waals surface area contributed by atoms with Crippen molar-refractivity contribution in [2.75, 3.05) is 18.6 Å². The Morgan fingerprint density at radius 3 is 2.73 bits per heavy atom. The number of aryl methyl sites for hydroxylation is 1. The first kappa shape index (κ1) is 17.5. The van der Waals surface area contributed by atoms with E-state index in [0.29, 0.717) is 35.4 Å². The van der Waals surface area contributed by atoms with Crippen molar-refractivity contribution in [3.63, 3.8) is 0 Å². The topological polar surface area (TPSA) is 93.4 Å². The largest absolute Gasteiger partial charge is 0.338 e. The van der Waals surface area contributed by atoms with Gasteiger partial charge in [0.05, 0.1) is 28.1 Å². The van der Waals surface area contributed by atoms with E-state index in [1.165, 1.54) is 0 Å². The maximum Gasteiger partial charge on any atom is 0.259 e. The molecular weight excluding hydrogens is 354 g/mol. The van der Waals surface area contributed by atoms with E-state index >= 15 is 0 Å². The molecule has 1 atom stereocenters. The molecule has 1 aliphatic heterocycles. The summed E-state index contributed by atoms with van der Waals surface area (Å²) in [5, 5.41) is 4.80. The summed E-state index contributed by atoms with van der Waals surface area (Å²) in [6.45, 7) is 2.05. The highest BCUT2D eigenvalue weighted by atomic mass is 32.2. The fourth-order valence-corrected chi connectivity index (χ4v) is 5.40. The maximum absolute atomic E-state index is 13.2. The number of carbonyl (C=O) groups is 1. The quantitative estimate of drug-likeness (QED) is 0.794. The smallest absolute Gasteiger partial charge is 0.259 e. The third kappa shape index (κ3) is 3.11. The van der Waals surface area contributed by atoms with Crippen LogP contribution in [0.1, 0.15) is 60.3 Å². The van der Waals surface area contributed by atoms with Gasteiger partial charge in [-0.15, -0.1) is 0 Å². The first-order chi connectivity index (χ1) is 12.4. The summed E-state index contributed by atoms with van der Waals surface area (Å²) >= 11 is 0. The Morgan fingerprint density at radius 2 is 2.12 bits per heavy atom. The minimum absolute atomic E-state index is 0.0321. The summed E-state index contributed by atoms with van der Waals surface area (Å²) in [6, 6.07) is 1.58. The van der Waals surface area contributed by atoms with E-state index in [-0.39, 0.29) is 23.5 Å². The maximum atomic E-state index is 13.2. The highest BCUT2D eigenvalue weighted by Gasteiger charge is 2.35. The molecule has 1 amide bonds. The van der Waals surface area contributed by atoms with Gasteiger partial charge in [0, 0.05) is 24.7 Å². The predicted molar refractivity (Wildman–Crippen MR) is 96.9 cm³/mol. The number of sulfone groups is 1. The molecule has 2 aliphatic rings. The summed E-state index contributed by atoms with van der Waals surface area (Å²) in [5.74, 6) is 0.373. The van der Waals surface area contributed by atoms with Gasteiger partial charge in [-0.05, 0) is 31.7 Å². The molecule has 140 valence electrons. The van der Waals surface area contributed by atoms with Crippen LogP contribution in [0.4, 0.5) is 0 Å². The van der Waals surface area contributed by atoms with E-state index in [4.69, 9.17) is 4.52 Å². The van der Waals surface area contributed by atoms with Gasteiger partial charge in [-0.25, -0.2) is 13.4 Å². The lowest BCUT2D eigenvalue weighted by atomic mass is 10.0. The molecule has 0 aromatic carbocycles. The van der Waals surface area contributed by atoms with Crippen LogP contribution in [0.25, 0.3) is 11.1 Å². The van der Waals surface area contributed by atoms with Crippen LogP contribution in [0.5, 0.6) is 0 Å². The molecule has 0 spiro atoms. The van der Waals surface area contributed by atoms with E-state index in [1.54, 1.807) is 11.9 Å². The van der Waals surface area contributed by atoms with Crippen molar-refractivity contribution in [2.24, 2.45) is 0 Å². The Hall–Kier alpha value is -1.96. The van der Waals surface area contributed by atoms with Crippen molar-refractivity contribution in [1.29, 1.82) is 0 Å². The number of pyridine rings is 1. The second kappa shape index (κ2) is 6.33. The van der Waals surface area contributed by atoms with Crippen molar-refractivity contribution in [3.05, 3.63) is 23.0 Å². The summed E-state index contributed by atoms with van der Waals surface area (Å²) in [4.78, 5) is 19.4. The molecule has 1 aliphatic carbocycles. The van der Waals surface area contributed by atoms with Gasteiger partial charge in [-0.2, -0.15) is 0 Å². The van der Waals surface area contributed by atoms with Crippen LogP contribution in [0.3, 0.4) is 0 Å². The zero-order valence-electron chi connectivity index (χ0n) is 15.1. The number of carbonyl (C=O) groups excluding carboxylic acids is 1. The second-order valence-electron chi connectivity index (χ2n) is 7.40. The fraction of sp³-hybridized carbons (Fsp3) is 0.611. The number of rotatable bonds is 5. The van der Waals surface area contributed by atoms with Gasteiger partial charge < -0.3 is 9.42 Å². The van der Waals surface area contributed by atoms with Gasteiger partial charge in [0.25, 0.3) is 11.6 Å². The Labute approximate surface area is 152 Å². The van der Waals surface area contributed by atoms with Crippen LogP contribution >= 0.6 is 0 Å². The molecule has 0 unspecified atom stereocenters. The highest BCUT2D eigenvalue weighted by Crippen LogP contribution is 2.40. The van der Waals surface area contributed by atoms with Crippen LogP contribution < -0.4 is 0 Å². The average molecular weight is 377 g/mol. The normalized spacial score (nSPS) is 22.0. The molecule has 0 bridgehead atoms. The van der Waals surface area contributed by atoms with Gasteiger partial charge in [0.2, 0.25) is 0 Å². The lowest BCUT2D eigenvalue weighted by molar-refractivity contribution is 0.0749. The molecular formula is C18H23N3O4S. The summed E-state index contributed by atoms with van der Waals surface area (Å²) in [6.07, 6.45) is 4.22. The van der Waals surface area contributed by atoms with Gasteiger partial charge in [-0.1, -0.05) is 18.5 Å². The van der Waals surface area contributed by atoms with Crippen LogP contribution in [-0.2, 0) is 16.3 Å². The highest BCUT2D eigenvalue weighted by molar-refractivity contribution is 7.91. The molecule has 3 heterocycles. The van der Waals surface area contributed by atoms with E-state index in [1.807, 2.05) is 13.0 Å². The third-order valence-electron chi connectivity index (χ3n) is 5.33. The molecule has 2 aromatic rings. The molecule has 1 saturated heterocycles. The van der Waals surface area contributed by atoms with Gasteiger partial charge >= 0.3 is 0 Å².